The Morgan fingerprint density at radius 2 is 0.698 bits per heavy atom. The van der Waals surface area contributed by atoms with E-state index in [9.17, 15) is 30.3 Å². The van der Waals surface area contributed by atoms with E-state index in [-0.39, 0.29) is 48.6 Å². The number of hydrogen-bond acceptors (Lipinski definition) is 7. The van der Waals surface area contributed by atoms with Gasteiger partial charge >= 0.3 is 18.9 Å². The normalized spacial score (nSPS) is 45.9. The number of aliphatic hydroxyl groups is 5. The Labute approximate surface area is 608 Å². The van der Waals surface area contributed by atoms with Crippen molar-refractivity contribution in [2.75, 3.05) is 13.2 Å². The van der Waals surface area contributed by atoms with Crippen molar-refractivity contribution in [2.45, 2.75) is 393 Å². The molecule has 12 aliphatic carbocycles. The summed E-state index contributed by atoms with van der Waals surface area (Å²) >= 11 is 0. The molecule has 0 aromatic carbocycles. The van der Waals surface area contributed by atoms with Crippen molar-refractivity contribution in [1.29, 1.82) is 0 Å². The molecule has 26 atom stereocenters. The van der Waals surface area contributed by atoms with E-state index >= 15 is 0 Å². The smallest absolute Gasteiger partial charge is 0.390 e. The van der Waals surface area contributed by atoms with Gasteiger partial charge in [-0.1, -0.05) is 84.6 Å². The molecule has 1 aliphatic heterocycles. The van der Waals surface area contributed by atoms with Gasteiger partial charge in [0.2, 0.25) is 0 Å². The molecule has 5 N–H and O–H groups in total. The zero-order chi connectivity index (χ0) is 66.3. The standard InChI is InChI=1S/2C27H48O2.C26H44O2.C4H8O.3CH4.CH3.Li/c2*1-18(11-13-24(2,3)28)21-9-10-22-20-8-7-19-17-25(4,29)15-16-26(19,5)23(20)12-14-27(21,22)6;1-17(10-13-24(2,3)28)21-8-9-22-20-7-6-18-16-19(27)11-14-25(18,4)23(20)12-15-26(21,22)5;1-2-4-5-3-1;;;;;/h2*18-23,28-29H,7-17H2,1-6H3;17-18,20-23,28H,6-16H2,1-5H3;1-4H2;3*1H4;1H3;/q;;;;;;;-1;+1/t18-,19-,20?,21-,22?,23?,25+,26+,27-;18-,19-,20?,21-,22?,23?,25-,26+,27-;17-,18-,20?,21-,22?,23?,25+,26-;;;;;;/m111....../s1. The molecule has 0 bridgehead atoms. The van der Waals surface area contributed by atoms with Crippen LogP contribution in [-0.4, -0.2) is 72.5 Å². The summed E-state index contributed by atoms with van der Waals surface area (Å²) in [6.07, 6.45) is 43.4. The maximum atomic E-state index is 12.1. The third-order valence-corrected chi connectivity index (χ3v) is 33.1. The Hall–Kier alpha value is 0.0274. The largest absolute Gasteiger partial charge is 1.00 e. The van der Waals surface area contributed by atoms with Gasteiger partial charge in [0, 0.05) is 26.1 Å². The molecule has 0 aromatic rings. The molecule has 7 nitrogen and oxygen atoms in total. The molecule has 1 saturated heterocycles. The van der Waals surface area contributed by atoms with Crippen LogP contribution in [0.2, 0.25) is 0 Å². The molecule has 0 spiro atoms. The molecular weight excluding hydrogens is 1180 g/mol. The van der Waals surface area contributed by atoms with E-state index in [1.54, 1.807) is 0 Å². The summed E-state index contributed by atoms with van der Waals surface area (Å²) in [5.41, 5.74) is 0.483. The summed E-state index contributed by atoms with van der Waals surface area (Å²) in [5, 5.41) is 52.0. The van der Waals surface area contributed by atoms with Crippen molar-refractivity contribution in [1.82, 2.24) is 0 Å². The number of hydrogen-bond donors (Lipinski definition) is 5. The molecule has 0 radical (unpaired) electrons. The number of ether oxygens (including phenoxy) is 1. The number of carbonyl (C=O) groups is 1. The van der Waals surface area contributed by atoms with E-state index in [0.29, 0.717) is 44.2 Å². The summed E-state index contributed by atoms with van der Waals surface area (Å²) < 4.78 is 4.94. The first-order valence-corrected chi connectivity index (χ1v) is 40.0. The number of Topliss-reactive ketones (excluding diaryl/α,β-unsaturated/α-hetero) is 1. The minimum Gasteiger partial charge on any atom is -0.390 e. The van der Waals surface area contributed by atoms with Gasteiger partial charge in [-0.15, -0.1) is 0 Å². The molecule has 558 valence electrons. The molecule has 1 heterocycles. The van der Waals surface area contributed by atoms with E-state index in [1.165, 1.54) is 154 Å². The van der Waals surface area contributed by atoms with Crippen LogP contribution in [0.25, 0.3) is 0 Å². The van der Waals surface area contributed by atoms with Crippen molar-refractivity contribution in [3.8, 4) is 0 Å². The van der Waals surface area contributed by atoms with E-state index in [4.69, 9.17) is 4.74 Å². The molecule has 9 unspecified atom stereocenters. The second-order valence-corrected chi connectivity index (χ2v) is 40.6. The Kier molecular flexibility index (Phi) is 29.3. The number of fused-ring (bicyclic) bond motifs is 15. The second-order valence-electron chi connectivity index (χ2n) is 40.6. The molecule has 13 rings (SSSR count). The fourth-order valence-corrected chi connectivity index (χ4v) is 27.7. The number of ketones is 1. The van der Waals surface area contributed by atoms with Gasteiger partial charge in [0.1, 0.15) is 5.78 Å². The van der Waals surface area contributed by atoms with Crippen LogP contribution in [0.3, 0.4) is 0 Å². The van der Waals surface area contributed by atoms with Crippen LogP contribution in [0.5, 0.6) is 0 Å². The minimum atomic E-state index is -0.532. The zero-order valence-electron chi connectivity index (χ0n) is 64.6. The average molecular weight is 1340 g/mol. The van der Waals surface area contributed by atoms with Crippen LogP contribution >= 0.6 is 0 Å². The number of rotatable bonds is 12. The molecule has 13 aliphatic rings. The van der Waals surface area contributed by atoms with Crippen LogP contribution < -0.4 is 18.9 Å². The van der Waals surface area contributed by atoms with Crippen molar-refractivity contribution >= 4 is 5.78 Å². The molecule has 8 heteroatoms. The van der Waals surface area contributed by atoms with E-state index < -0.39 is 28.0 Å². The van der Waals surface area contributed by atoms with Crippen molar-refractivity contribution in [3.05, 3.63) is 7.43 Å². The molecule has 96 heavy (non-hydrogen) atoms. The maximum Gasteiger partial charge on any atom is 1.00 e. The van der Waals surface area contributed by atoms with Crippen LogP contribution in [-0.2, 0) is 9.53 Å². The summed E-state index contributed by atoms with van der Waals surface area (Å²) in [6.45, 7) is 41.0. The van der Waals surface area contributed by atoms with E-state index in [0.717, 1.165) is 184 Å². The van der Waals surface area contributed by atoms with Crippen LogP contribution in [0.1, 0.15) is 365 Å². The van der Waals surface area contributed by atoms with Gasteiger partial charge in [-0.3, -0.25) is 4.79 Å². The Bertz CT molecular complexity index is 2300. The van der Waals surface area contributed by atoms with Crippen molar-refractivity contribution in [3.63, 3.8) is 0 Å². The van der Waals surface area contributed by atoms with Gasteiger partial charge in [0.25, 0.3) is 0 Å². The average Bonchev–Trinajstić information content (AvgIpc) is 1.70. The Balaban J connectivity index is 0.000000244. The molecular formula is C88H163LiO7. The monoisotopic (exact) mass is 1340 g/mol. The summed E-state index contributed by atoms with van der Waals surface area (Å²) in [4.78, 5) is 12.1. The summed E-state index contributed by atoms with van der Waals surface area (Å²) in [7, 11) is 0. The van der Waals surface area contributed by atoms with Gasteiger partial charge in [-0.2, -0.15) is 0 Å². The quantitative estimate of drug-likeness (QED) is 0.0973. The van der Waals surface area contributed by atoms with Crippen LogP contribution in [0.15, 0.2) is 0 Å². The molecule has 0 amide bonds. The van der Waals surface area contributed by atoms with Crippen molar-refractivity contribution in [2.24, 2.45) is 139 Å². The summed E-state index contributed by atoms with van der Waals surface area (Å²) in [6, 6.07) is 0. The topological polar surface area (TPSA) is 127 Å². The van der Waals surface area contributed by atoms with Crippen LogP contribution in [0, 0.1) is 146 Å². The third-order valence-electron chi connectivity index (χ3n) is 33.1. The fraction of sp³-hybridized carbons (Fsp3) is 0.977. The first kappa shape index (κ1) is 86.7. The van der Waals surface area contributed by atoms with E-state index in [1.807, 2.05) is 41.5 Å². The number of carbonyl (C=O) groups excluding carboxylic acids is 1. The molecule has 0 aromatic heterocycles. The Morgan fingerprint density at radius 3 is 0.990 bits per heavy atom. The van der Waals surface area contributed by atoms with Gasteiger partial charge in [-0.25, -0.2) is 0 Å². The van der Waals surface area contributed by atoms with Gasteiger partial charge in [-0.05, 0) is 406 Å². The van der Waals surface area contributed by atoms with Crippen LogP contribution in [0.4, 0.5) is 0 Å². The summed E-state index contributed by atoms with van der Waals surface area (Å²) in [5.74, 6) is 15.5. The van der Waals surface area contributed by atoms with Gasteiger partial charge in [0.05, 0.1) is 28.0 Å². The van der Waals surface area contributed by atoms with Gasteiger partial charge < -0.3 is 37.7 Å². The zero-order valence-corrected chi connectivity index (χ0v) is 64.6. The van der Waals surface area contributed by atoms with Gasteiger partial charge in [0.15, 0.2) is 0 Å². The second kappa shape index (κ2) is 32.4. The predicted octanol–water partition coefficient (Wildman–Crippen LogP) is 19.7. The minimum absolute atomic E-state index is 0. The molecule has 13 fully saturated rings. The SMILES string of the molecule is C.C.C.C1CCOC1.C[C@H](CCC(C)(C)O)[C@H]1CCC2C3CC[C@@H]4CC(=O)CC[C@]4(C)C3CC[C@@]21C.C[C@H](CCC(C)(C)O)[C@H]1CCC2C3CC[C@@H]4C[C@@](C)(O)CC[C@]4(C)C3CC[C@@]21C.C[C@H](CCC(C)(C)O)[C@H]1CCC2C3CC[C@@H]4C[C@](C)(O)CC[C@]4(C)C3CC[C@@]21C.[CH3-].[Li+]. The third kappa shape index (κ3) is 17.9. The first-order chi connectivity index (χ1) is 42.3. The Morgan fingerprint density at radius 1 is 0.406 bits per heavy atom. The fourth-order valence-electron chi connectivity index (χ4n) is 27.7. The van der Waals surface area contributed by atoms with E-state index in [2.05, 4.69) is 76.2 Å². The maximum absolute atomic E-state index is 12.1. The molecule has 12 saturated carbocycles. The predicted molar refractivity (Wildman–Crippen MR) is 403 cm³/mol. The first-order valence-electron chi connectivity index (χ1n) is 40.0. The van der Waals surface area contributed by atoms with Crippen molar-refractivity contribution < 1.29 is 53.9 Å².